The Morgan fingerprint density at radius 2 is 1.62 bits per heavy atom. The van der Waals surface area contributed by atoms with E-state index in [2.05, 4.69) is 29.6 Å². The number of rotatable bonds is 4. The lowest BCUT2D eigenvalue weighted by Gasteiger charge is -2.36. The first kappa shape index (κ1) is 13.8. The second kappa shape index (κ2) is 5.70. The van der Waals surface area contributed by atoms with Crippen LogP contribution in [0.1, 0.15) is 24.8 Å². The summed E-state index contributed by atoms with van der Waals surface area (Å²) >= 11 is 0. The van der Waals surface area contributed by atoms with Crippen molar-refractivity contribution in [3.8, 4) is 11.1 Å². The molecular weight excluding hydrogens is 260 g/mol. The molecule has 2 aromatic carbocycles. The molecule has 3 rings (SSSR count). The maximum atomic E-state index is 12.0. The van der Waals surface area contributed by atoms with E-state index in [0.29, 0.717) is 6.54 Å². The van der Waals surface area contributed by atoms with Crippen molar-refractivity contribution in [2.75, 3.05) is 0 Å². The molecule has 1 aliphatic carbocycles. The fraction of sp³-hybridized carbons (Fsp3) is 0.278. The highest BCUT2D eigenvalue weighted by molar-refractivity contribution is 5.87. The largest absolute Gasteiger partial charge is 0.350 e. The minimum Gasteiger partial charge on any atom is -0.350 e. The Morgan fingerprint density at radius 1 is 1.00 bits per heavy atom. The second-order valence-corrected chi connectivity index (χ2v) is 5.76. The molecule has 3 heteroatoms. The SMILES string of the molecule is NC1(C(=O)NCc2ccc(-c3ccccc3)cc2)CCC1. The van der Waals surface area contributed by atoms with Gasteiger partial charge in [0.1, 0.15) is 0 Å². The van der Waals surface area contributed by atoms with Crippen LogP contribution in [0.15, 0.2) is 54.6 Å². The molecule has 1 saturated carbocycles. The van der Waals surface area contributed by atoms with Gasteiger partial charge in [0, 0.05) is 6.54 Å². The predicted molar refractivity (Wildman–Crippen MR) is 84.5 cm³/mol. The Bertz CT molecular complexity index is 615. The molecule has 0 saturated heterocycles. The highest BCUT2D eigenvalue weighted by Gasteiger charge is 2.39. The molecule has 1 aliphatic rings. The van der Waals surface area contributed by atoms with E-state index in [1.807, 2.05) is 30.3 Å². The quantitative estimate of drug-likeness (QED) is 0.905. The van der Waals surface area contributed by atoms with Gasteiger partial charge in [-0.2, -0.15) is 0 Å². The van der Waals surface area contributed by atoms with E-state index in [4.69, 9.17) is 5.73 Å². The highest BCUT2D eigenvalue weighted by Crippen LogP contribution is 2.29. The Morgan fingerprint density at radius 3 is 2.19 bits per heavy atom. The summed E-state index contributed by atoms with van der Waals surface area (Å²) in [6, 6.07) is 18.5. The number of carbonyl (C=O) groups is 1. The molecule has 0 aromatic heterocycles. The minimum atomic E-state index is -0.621. The summed E-state index contributed by atoms with van der Waals surface area (Å²) in [5, 5.41) is 2.94. The summed E-state index contributed by atoms with van der Waals surface area (Å²) in [5.41, 5.74) is 8.84. The highest BCUT2D eigenvalue weighted by atomic mass is 16.2. The van der Waals surface area contributed by atoms with Crippen molar-refractivity contribution < 1.29 is 4.79 Å². The number of hydrogen-bond donors (Lipinski definition) is 2. The molecule has 0 radical (unpaired) electrons. The van der Waals surface area contributed by atoms with Gasteiger partial charge in [-0.15, -0.1) is 0 Å². The van der Waals surface area contributed by atoms with Crippen LogP contribution in [-0.4, -0.2) is 11.4 Å². The standard InChI is InChI=1S/C18H20N2O/c19-18(11-4-12-18)17(21)20-13-14-7-9-16(10-8-14)15-5-2-1-3-6-15/h1-3,5-10H,4,11-13,19H2,(H,20,21). The molecule has 0 atom stereocenters. The summed E-state index contributed by atoms with van der Waals surface area (Å²) in [7, 11) is 0. The Kier molecular flexibility index (Phi) is 3.76. The summed E-state index contributed by atoms with van der Waals surface area (Å²) < 4.78 is 0. The summed E-state index contributed by atoms with van der Waals surface area (Å²) in [6.45, 7) is 0.535. The molecule has 0 heterocycles. The Balaban J connectivity index is 1.61. The number of benzene rings is 2. The Hall–Kier alpha value is -2.13. The first-order valence-corrected chi connectivity index (χ1v) is 7.39. The maximum Gasteiger partial charge on any atom is 0.240 e. The van der Waals surface area contributed by atoms with Crippen LogP contribution in [0.25, 0.3) is 11.1 Å². The molecule has 3 N–H and O–H groups in total. The Labute approximate surface area is 125 Å². The van der Waals surface area contributed by atoms with Crippen molar-refractivity contribution in [3.63, 3.8) is 0 Å². The van der Waals surface area contributed by atoms with Crippen LogP contribution >= 0.6 is 0 Å². The molecule has 0 spiro atoms. The molecule has 1 fully saturated rings. The molecular formula is C18H20N2O. The van der Waals surface area contributed by atoms with Crippen molar-refractivity contribution in [2.24, 2.45) is 5.73 Å². The molecule has 21 heavy (non-hydrogen) atoms. The molecule has 0 aliphatic heterocycles. The van der Waals surface area contributed by atoms with Crippen LogP contribution in [0.2, 0.25) is 0 Å². The van der Waals surface area contributed by atoms with E-state index < -0.39 is 5.54 Å². The third kappa shape index (κ3) is 2.98. The fourth-order valence-electron chi connectivity index (χ4n) is 2.59. The van der Waals surface area contributed by atoms with E-state index in [1.54, 1.807) is 0 Å². The minimum absolute atomic E-state index is 0.0270. The number of hydrogen-bond acceptors (Lipinski definition) is 2. The molecule has 1 amide bonds. The lowest BCUT2D eigenvalue weighted by atomic mass is 9.77. The van der Waals surface area contributed by atoms with Crippen molar-refractivity contribution in [2.45, 2.75) is 31.3 Å². The number of nitrogens with two attached hydrogens (primary N) is 1. The summed E-state index contributed by atoms with van der Waals surface area (Å²) in [5.74, 6) is -0.0270. The van der Waals surface area contributed by atoms with Crippen LogP contribution in [-0.2, 0) is 11.3 Å². The molecule has 0 bridgehead atoms. The van der Waals surface area contributed by atoms with Gasteiger partial charge in [0.25, 0.3) is 0 Å². The van der Waals surface area contributed by atoms with Gasteiger partial charge in [-0.1, -0.05) is 54.6 Å². The van der Waals surface area contributed by atoms with Crippen molar-refractivity contribution >= 4 is 5.91 Å². The van der Waals surface area contributed by atoms with Crippen molar-refractivity contribution in [1.82, 2.24) is 5.32 Å². The zero-order chi connectivity index (χ0) is 14.7. The van der Waals surface area contributed by atoms with E-state index in [-0.39, 0.29) is 5.91 Å². The third-order valence-corrected chi connectivity index (χ3v) is 4.21. The van der Waals surface area contributed by atoms with Crippen LogP contribution < -0.4 is 11.1 Å². The molecule has 0 unspecified atom stereocenters. The maximum absolute atomic E-state index is 12.0. The van der Waals surface area contributed by atoms with Crippen LogP contribution in [0.3, 0.4) is 0 Å². The van der Waals surface area contributed by atoms with E-state index in [1.165, 1.54) is 11.1 Å². The normalized spacial score (nSPS) is 16.0. The second-order valence-electron chi connectivity index (χ2n) is 5.76. The van der Waals surface area contributed by atoms with Gasteiger partial charge in [0.15, 0.2) is 0 Å². The topological polar surface area (TPSA) is 55.1 Å². The summed E-state index contributed by atoms with van der Waals surface area (Å²) in [4.78, 5) is 12.0. The fourth-order valence-corrected chi connectivity index (χ4v) is 2.59. The monoisotopic (exact) mass is 280 g/mol. The average Bonchev–Trinajstić information content (AvgIpc) is 2.51. The van der Waals surface area contributed by atoms with Crippen LogP contribution in [0.5, 0.6) is 0 Å². The lowest BCUT2D eigenvalue weighted by molar-refractivity contribution is -0.129. The zero-order valence-electron chi connectivity index (χ0n) is 12.0. The van der Waals surface area contributed by atoms with Crippen LogP contribution in [0, 0.1) is 0 Å². The average molecular weight is 280 g/mol. The van der Waals surface area contributed by atoms with Gasteiger partial charge >= 0.3 is 0 Å². The van der Waals surface area contributed by atoms with Gasteiger partial charge < -0.3 is 11.1 Å². The predicted octanol–water partition coefficient (Wildman–Crippen LogP) is 2.85. The van der Waals surface area contributed by atoms with Gasteiger partial charge in [-0.05, 0) is 36.0 Å². The van der Waals surface area contributed by atoms with Gasteiger partial charge in [-0.3, -0.25) is 4.79 Å². The van der Waals surface area contributed by atoms with Crippen molar-refractivity contribution in [1.29, 1.82) is 0 Å². The van der Waals surface area contributed by atoms with Crippen molar-refractivity contribution in [3.05, 3.63) is 60.2 Å². The van der Waals surface area contributed by atoms with E-state index in [0.717, 1.165) is 24.8 Å². The smallest absolute Gasteiger partial charge is 0.240 e. The zero-order valence-corrected chi connectivity index (χ0v) is 12.0. The van der Waals surface area contributed by atoms with Gasteiger partial charge in [-0.25, -0.2) is 0 Å². The number of carbonyl (C=O) groups excluding carboxylic acids is 1. The van der Waals surface area contributed by atoms with Crippen LogP contribution in [0.4, 0.5) is 0 Å². The van der Waals surface area contributed by atoms with Gasteiger partial charge in [0.2, 0.25) is 5.91 Å². The molecule has 108 valence electrons. The lowest BCUT2D eigenvalue weighted by Crippen LogP contribution is -2.58. The first-order chi connectivity index (χ1) is 10.2. The van der Waals surface area contributed by atoms with E-state index in [9.17, 15) is 4.79 Å². The number of amides is 1. The third-order valence-electron chi connectivity index (χ3n) is 4.21. The molecule has 2 aromatic rings. The summed E-state index contributed by atoms with van der Waals surface area (Å²) in [6.07, 6.45) is 2.65. The molecule has 3 nitrogen and oxygen atoms in total. The number of nitrogens with one attached hydrogen (secondary N) is 1. The van der Waals surface area contributed by atoms with E-state index >= 15 is 0 Å². The first-order valence-electron chi connectivity index (χ1n) is 7.39. The van der Waals surface area contributed by atoms with Gasteiger partial charge in [0.05, 0.1) is 5.54 Å².